The summed E-state index contributed by atoms with van der Waals surface area (Å²) < 4.78 is 7.05. The number of carbonyl (C=O) groups excluding carboxylic acids is 3. The Morgan fingerprint density at radius 2 is 0.922 bits per heavy atom. The second-order valence-corrected chi connectivity index (χ2v) is 28.2. The molecule has 3 heterocycles. The van der Waals surface area contributed by atoms with Crippen molar-refractivity contribution < 1.29 is 14.4 Å². The van der Waals surface area contributed by atoms with Gasteiger partial charge in [-0.05, 0) is 156 Å². The normalized spacial score (nSPS) is 13.7. The van der Waals surface area contributed by atoms with Gasteiger partial charge in [-0.15, -0.1) is 37.1 Å². The van der Waals surface area contributed by atoms with E-state index < -0.39 is 0 Å². The molecule has 3 saturated carbocycles. The Labute approximate surface area is 498 Å². The van der Waals surface area contributed by atoms with Gasteiger partial charge in [0.05, 0.1) is 34.4 Å². The molecule has 0 aliphatic heterocycles. The number of hydrogen-bond acceptors (Lipinski definition) is 13. The van der Waals surface area contributed by atoms with Gasteiger partial charge in [0, 0.05) is 16.2 Å². The zero-order valence-corrected chi connectivity index (χ0v) is 51.7. The molecule has 77 heavy (non-hydrogen) atoms. The number of Topliss-reactive ketones (excluding diaryl/α,β-unsaturated/α-hetero) is 3. The molecule has 3 aromatic heterocycles. The molecule has 14 nitrogen and oxygen atoms in total. The molecule has 0 amide bonds. The van der Waals surface area contributed by atoms with E-state index in [9.17, 15) is 14.4 Å². The van der Waals surface area contributed by atoms with Gasteiger partial charge in [-0.3, -0.25) is 28.1 Å². The molecule has 9 aromatic rings. The van der Waals surface area contributed by atoms with E-state index in [1.54, 1.807) is 18.4 Å². The second-order valence-electron chi connectivity index (χ2n) is 18.5. The van der Waals surface area contributed by atoms with Crippen LogP contribution in [0, 0.1) is 4.77 Å². The maximum absolute atomic E-state index is 11.3. The van der Waals surface area contributed by atoms with E-state index in [1.807, 2.05) is 21.3 Å². The standard InChI is InChI=1S/C18H16BrN3OS.C18H18N4OS.C15H14N4S.C3H5ClO.CHBr3/c2*1-11(23)10-24-18-21-20-17(19)22(18)16-9-8-13(12-6-7-12)14-4-2-3-5-15(14)16;16-14-17-18-15(20)19(14)13-8-7-10(9-5-6-9)11-3-1-2-4-12(11)13;1-3(5)2-4;2-1(3)4/h2-5,8-9,12H,6-7,10H2,1H3;2-5,8-9,12H,6-7,10H2,1H3,(H2,19,20);1-4,7-9H,5-6H2,(H2,16,17)(H,18,20);2H2,1H3;1H. The number of halogens is 5. The summed E-state index contributed by atoms with van der Waals surface area (Å²) in [6.45, 7) is 4.60. The lowest BCUT2D eigenvalue weighted by atomic mass is 9.99. The molecule has 3 aliphatic rings. The van der Waals surface area contributed by atoms with Gasteiger partial charge in [0.15, 0.2) is 10.3 Å². The Hall–Kier alpha value is -4.74. The third-order valence-corrected chi connectivity index (χ3v) is 15.8. The molecule has 3 aliphatic carbocycles. The van der Waals surface area contributed by atoms with Crippen LogP contribution in [0.2, 0.25) is 0 Å². The lowest BCUT2D eigenvalue weighted by Gasteiger charge is -2.13. The van der Waals surface area contributed by atoms with Gasteiger partial charge < -0.3 is 11.5 Å². The molecule has 3 fully saturated rings. The predicted octanol–water partition coefficient (Wildman–Crippen LogP) is 15.1. The highest BCUT2D eigenvalue weighted by Gasteiger charge is 2.29. The summed E-state index contributed by atoms with van der Waals surface area (Å²) in [7, 11) is 0. The average molecular weight is 1370 g/mol. The predicted molar refractivity (Wildman–Crippen MR) is 331 cm³/mol. The van der Waals surface area contributed by atoms with Gasteiger partial charge in [-0.1, -0.05) is 162 Å². The molecule has 0 unspecified atom stereocenters. The number of hydrogen-bond donors (Lipinski definition) is 3. The van der Waals surface area contributed by atoms with Crippen LogP contribution in [-0.4, -0.2) is 81.7 Å². The molecule has 0 spiro atoms. The fourth-order valence-corrected chi connectivity index (χ4v) is 11.1. The first-order valence-corrected chi connectivity index (χ1v) is 31.0. The van der Waals surface area contributed by atoms with Crippen LogP contribution in [0.3, 0.4) is 0 Å². The van der Waals surface area contributed by atoms with Crippen molar-refractivity contribution >= 4 is 173 Å². The van der Waals surface area contributed by atoms with E-state index in [0.717, 1.165) is 27.6 Å². The molecular formula is C55H54Br4ClN11O3S3. The number of nitrogens with zero attached hydrogens (tertiary/aromatic N) is 8. The van der Waals surface area contributed by atoms with Gasteiger partial charge in [0.2, 0.25) is 21.4 Å². The first-order chi connectivity index (χ1) is 37.1. The number of thioether (sulfide) groups is 2. The molecule has 0 atom stereocenters. The summed E-state index contributed by atoms with van der Waals surface area (Å²) >= 11 is 25.9. The number of aromatic nitrogens is 9. The van der Waals surface area contributed by atoms with Gasteiger partial charge in [0.1, 0.15) is 20.0 Å². The summed E-state index contributed by atoms with van der Waals surface area (Å²) in [6.07, 6.45) is 7.65. The Morgan fingerprint density at radius 1 is 0.571 bits per heavy atom. The van der Waals surface area contributed by atoms with Gasteiger partial charge in [-0.2, -0.15) is 0 Å². The van der Waals surface area contributed by atoms with E-state index in [4.69, 9.17) is 35.3 Å². The lowest BCUT2D eigenvalue weighted by Crippen LogP contribution is -2.05. The van der Waals surface area contributed by atoms with Crippen LogP contribution >= 0.6 is 111 Å². The quantitative estimate of drug-likeness (QED) is 0.0560. The first-order valence-electron chi connectivity index (χ1n) is 24.6. The third kappa shape index (κ3) is 14.9. The molecule has 0 bridgehead atoms. The number of ketones is 3. The molecular weight excluding hydrogens is 1310 g/mol. The summed E-state index contributed by atoms with van der Waals surface area (Å²) in [5, 5.41) is 31.9. The van der Waals surface area contributed by atoms with Crippen LogP contribution in [-0.2, 0) is 14.4 Å². The van der Waals surface area contributed by atoms with Crippen molar-refractivity contribution in [2.24, 2.45) is 0 Å². The number of rotatable bonds is 13. The number of nitrogens with two attached hydrogens (primary N) is 2. The van der Waals surface area contributed by atoms with Gasteiger partial charge >= 0.3 is 0 Å². The molecule has 0 radical (unpaired) electrons. The second kappa shape index (κ2) is 26.9. The average Bonchev–Trinajstić information content (AvgIpc) is 4.34. The van der Waals surface area contributed by atoms with Crippen LogP contribution in [0.5, 0.6) is 0 Å². The zero-order valence-electron chi connectivity index (χ0n) is 42.1. The number of nitrogen functional groups attached to an aromatic ring is 2. The van der Waals surface area contributed by atoms with Crippen LogP contribution in [0.15, 0.2) is 124 Å². The number of anilines is 2. The highest BCUT2D eigenvalue weighted by Crippen LogP contribution is 2.47. The highest BCUT2D eigenvalue weighted by atomic mass is 80.0. The van der Waals surface area contributed by atoms with E-state index in [-0.39, 0.29) is 25.9 Å². The largest absolute Gasteiger partial charge is 0.368 e. The van der Waals surface area contributed by atoms with Crippen molar-refractivity contribution in [2.45, 2.75) is 90.0 Å². The minimum atomic E-state index is 0.0201. The van der Waals surface area contributed by atoms with Crippen LogP contribution in [0.25, 0.3) is 49.4 Å². The van der Waals surface area contributed by atoms with Crippen molar-refractivity contribution in [2.75, 3.05) is 28.9 Å². The minimum absolute atomic E-state index is 0.0201. The van der Waals surface area contributed by atoms with Crippen molar-refractivity contribution in [1.82, 2.24) is 44.3 Å². The number of aromatic amines is 1. The number of fused-ring (bicyclic) bond motifs is 3. The third-order valence-electron chi connectivity index (χ3n) is 12.5. The molecule has 12 rings (SSSR count). The number of H-pyrrole nitrogens is 1. The van der Waals surface area contributed by atoms with Crippen molar-refractivity contribution in [3.8, 4) is 17.1 Å². The van der Waals surface area contributed by atoms with Crippen LogP contribution < -0.4 is 11.5 Å². The Balaban J connectivity index is 0.000000142. The Kier molecular flexibility index (Phi) is 20.4. The molecule has 5 N–H and O–H groups in total. The fourth-order valence-electron chi connectivity index (χ4n) is 8.78. The van der Waals surface area contributed by atoms with Crippen LogP contribution in [0.4, 0.5) is 11.9 Å². The van der Waals surface area contributed by atoms with Crippen LogP contribution in [0.1, 0.15) is 93.7 Å². The monoisotopic (exact) mass is 1360 g/mol. The van der Waals surface area contributed by atoms with Crippen molar-refractivity contribution in [3.63, 3.8) is 0 Å². The molecule has 400 valence electrons. The summed E-state index contributed by atoms with van der Waals surface area (Å²) in [4.78, 5) is 32.3. The number of alkyl halides is 4. The summed E-state index contributed by atoms with van der Waals surface area (Å²) in [5.41, 5.74) is 19.2. The molecule has 22 heteroatoms. The van der Waals surface area contributed by atoms with E-state index in [1.165, 1.54) is 113 Å². The maximum atomic E-state index is 11.3. The highest BCUT2D eigenvalue weighted by molar-refractivity contribution is 9.38. The fraction of sp³-hybridized carbons (Fsp3) is 0.291. The van der Waals surface area contributed by atoms with E-state index >= 15 is 0 Å². The Bertz CT molecular complexity index is 3490. The molecule has 0 saturated heterocycles. The summed E-state index contributed by atoms with van der Waals surface area (Å²) in [6, 6.07) is 38.2. The van der Waals surface area contributed by atoms with Gasteiger partial charge in [0.25, 0.3) is 0 Å². The lowest BCUT2D eigenvalue weighted by molar-refractivity contribution is -0.115. The maximum Gasteiger partial charge on any atom is 0.227 e. The van der Waals surface area contributed by atoms with E-state index in [0.29, 0.717) is 55.8 Å². The summed E-state index contributed by atoms with van der Waals surface area (Å²) in [5.74, 6) is 3.94. The van der Waals surface area contributed by atoms with Gasteiger partial charge in [-0.25, -0.2) is 5.10 Å². The SMILES string of the molecule is BrC(Br)Br.CC(=O)CCl.CC(=O)CSc1nnc(Br)n1-c1ccc(C2CC2)c2ccccc12.CC(=O)CSc1nnc(N)n1-c1ccc(C2CC2)c2ccccc12.Nc1n[nH]c(=S)n1-c1ccc(C2CC2)c2ccccc12. The first kappa shape index (κ1) is 58.4. The smallest absolute Gasteiger partial charge is 0.227 e. The Morgan fingerprint density at radius 3 is 1.27 bits per heavy atom. The number of carbonyl (C=O) groups is 3. The zero-order chi connectivity index (χ0) is 54.9. The molecule has 6 aromatic carbocycles. The number of nitrogens with one attached hydrogen (secondary N) is 1. The topological polar surface area (TPSA) is 198 Å². The van der Waals surface area contributed by atoms with Crippen molar-refractivity contribution in [1.29, 1.82) is 0 Å². The number of benzene rings is 6. The van der Waals surface area contributed by atoms with Crippen molar-refractivity contribution in [3.05, 3.63) is 135 Å². The van der Waals surface area contributed by atoms with E-state index in [2.05, 4.69) is 191 Å². The minimum Gasteiger partial charge on any atom is -0.368 e.